The third-order valence-electron chi connectivity index (χ3n) is 2.51. The highest BCUT2D eigenvalue weighted by molar-refractivity contribution is 5.36. The van der Waals surface area contributed by atoms with E-state index in [1.54, 1.807) is 0 Å². The van der Waals surface area contributed by atoms with Crippen LogP contribution in [0.1, 0.15) is 28.7 Å². The number of nitrogens with zero attached hydrogens (tertiary/aromatic N) is 1. The Kier molecular flexibility index (Phi) is 3.08. The number of aryl methyl sites for hydroxylation is 3. The van der Waals surface area contributed by atoms with Crippen LogP contribution < -0.4 is 0 Å². The highest BCUT2D eigenvalue weighted by Crippen LogP contribution is 2.16. The first-order valence-corrected chi connectivity index (χ1v) is 4.59. The lowest BCUT2D eigenvalue weighted by Crippen LogP contribution is -1.91. The Morgan fingerprint density at radius 3 is 2.15 bits per heavy atom. The van der Waals surface area contributed by atoms with Gasteiger partial charge in [0.1, 0.15) is 0 Å². The lowest BCUT2D eigenvalue weighted by atomic mass is 9.98. The molecule has 0 fully saturated rings. The van der Waals surface area contributed by atoms with Crippen molar-refractivity contribution in [2.24, 2.45) is 0 Å². The summed E-state index contributed by atoms with van der Waals surface area (Å²) in [5.41, 5.74) is 5.30. The summed E-state index contributed by atoms with van der Waals surface area (Å²) in [5, 5.41) is 8.47. The average Bonchev–Trinajstić information content (AvgIpc) is 2.10. The lowest BCUT2D eigenvalue weighted by Gasteiger charge is -2.07. The van der Waals surface area contributed by atoms with Crippen LogP contribution in [-0.4, -0.2) is 0 Å². The molecule has 0 radical (unpaired) electrons. The fourth-order valence-electron chi connectivity index (χ4n) is 1.47. The molecule has 68 valence electrons. The van der Waals surface area contributed by atoms with E-state index in [1.165, 1.54) is 22.3 Å². The molecule has 0 spiro atoms. The first kappa shape index (κ1) is 9.80. The molecule has 0 aliphatic carbocycles. The monoisotopic (exact) mass is 173 g/mol. The SMILES string of the molecule is Cc1cc(CCC#N)cc(C)c1C. The Bertz CT molecular complexity index is 322. The molecule has 0 unspecified atom stereocenters. The largest absolute Gasteiger partial charge is 0.198 e. The van der Waals surface area contributed by atoms with Crippen molar-refractivity contribution in [3.05, 3.63) is 34.4 Å². The summed E-state index contributed by atoms with van der Waals surface area (Å²) in [6, 6.07) is 6.53. The van der Waals surface area contributed by atoms with Crippen molar-refractivity contribution in [3.63, 3.8) is 0 Å². The van der Waals surface area contributed by atoms with E-state index in [4.69, 9.17) is 5.26 Å². The zero-order chi connectivity index (χ0) is 9.84. The summed E-state index contributed by atoms with van der Waals surface area (Å²) in [5.74, 6) is 0. The molecule has 0 aliphatic rings. The van der Waals surface area contributed by atoms with Gasteiger partial charge in [0.15, 0.2) is 0 Å². The summed E-state index contributed by atoms with van der Waals surface area (Å²) >= 11 is 0. The molecule has 0 N–H and O–H groups in total. The molecule has 0 saturated carbocycles. The summed E-state index contributed by atoms with van der Waals surface area (Å²) in [6.45, 7) is 6.38. The van der Waals surface area contributed by atoms with E-state index >= 15 is 0 Å². The van der Waals surface area contributed by atoms with E-state index in [-0.39, 0.29) is 0 Å². The molecule has 0 amide bonds. The van der Waals surface area contributed by atoms with Crippen molar-refractivity contribution < 1.29 is 0 Å². The van der Waals surface area contributed by atoms with E-state index < -0.39 is 0 Å². The van der Waals surface area contributed by atoms with Gasteiger partial charge in [-0.2, -0.15) is 5.26 Å². The molecule has 0 aromatic heterocycles. The van der Waals surface area contributed by atoms with Gasteiger partial charge in [0.25, 0.3) is 0 Å². The summed E-state index contributed by atoms with van der Waals surface area (Å²) in [6.07, 6.45) is 1.49. The van der Waals surface area contributed by atoms with Gasteiger partial charge in [-0.1, -0.05) is 12.1 Å². The van der Waals surface area contributed by atoms with Gasteiger partial charge < -0.3 is 0 Å². The molecule has 13 heavy (non-hydrogen) atoms. The number of benzene rings is 1. The normalized spacial score (nSPS) is 9.69. The van der Waals surface area contributed by atoms with Crippen LogP contribution in [-0.2, 0) is 6.42 Å². The van der Waals surface area contributed by atoms with Crippen LogP contribution >= 0.6 is 0 Å². The maximum Gasteiger partial charge on any atom is 0.0625 e. The molecule has 1 nitrogen and oxygen atoms in total. The number of hydrogen-bond donors (Lipinski definition) is 0. The third kappa shape index (κ3) is 2.32. The standard InChI is InChI=1S/C12H15N/c1-9-7-12(5-4-6-13)8-10(2)11(9)3/h7-8H,4-5H2,1-3H3. The number of rotatable bonds is 2. The summed E-state index contributed by atoms with van der Waals surface area (Å²) in [7, 11) is 0. The van der Waals surface area contributed by atoms with Crippen LogP contribution in [0.4, 0.5) is 0 Å². The molecule has 0 aliphatic heterocycles. The molecule has 1 rings (SSSR count). The van der Waals surface area contributed by atoms with Crippen LogP contribution in [0, 0.1) is 32.1 Å². The first-order valence-electron chi connectivity index (χ1n) is 4.59. The van der Waals surface area contributed by atoms with Gasteiger partial charge in [-0.25, -0.2) is 0 Å². The molecule has 1 aromatic rings. The molecule has 0 atom stereocenters. The minimum absolute atomic E-state index is 0.613. The molecule has 0 saturated heterocycles. The van der Waals surface area contributed by atoms with E-state index in [0.29, 0.717) is 6.42 Å². The van der Waals surface area contributed by atoms with Crippen LogP contribution in [0.15, 0.2) is 12.1 Å². The lowest BCUT2D eigenvalue weighted by molar-refractivity contribution is 1.00. The molecule has 0 bridgehead atoms. The average molecular weight is 173 g/mol. The van der Waals surface area contributed by atoms with Gasteiger partial charge in [-0.3, -0.25) is 0 Å². The Labute approximate surface area is 80.0 Å². The highest BCUT2D eigenvalue weighted by atomic mass is 14.2. The number of hydrogen-bond acceptors (Lipinski definition) is 1. The predicted molar refractivity (Wildman–Crippen MR) is 54.6 cm³/mol. The molecular formula is C12H15N. The Balaban J connectivity index is 2.94. The minimum Gasteiger partial charge on any atom is -0.198 e. The van der Waals surface area contributed by atoms with Crippen molar-refractivity contribution in [2.75, 3.05) is 0 Å². The fraction of sp³-hybridized carbons (Fsp3) is 0.417. The Hall–Kier alpha value is -1.29. The molecule has 1 heteroatoms. The van der Waals surface area contributed by atoms with Crippen LogP contribution in [0.5, 0.6) is 0 Å². The van der Waals surface area contributed by atoms with Gasteiger partial charge in [0.2, 0.25) is 0 Å². The second-order valence-electron chi connectivity index (χ2n) is 3.51. The Morgan fingerprint density at radius 2 is 1.69 bits per heavy atom. The van der Waals surface area contributed by atoms with Crippen molar-refractivity contribution >= 4 is 0 Å². The smallest absolute Gasteiger partial charge is 0.0625 e. The summed E-state index contributed by atoms with van der Waals surface area (Å²) < 4.78 is 0. The van der Waals surface area contributed by atoms with E-state index in [9.17, 15) is 0 Å². The zero-order valence-electron chi connectivity index (χ0n) is 8.52. The topological polar surface area (TPSA) is 23.8 Å². The highest BCUT2D eigenvalue weighted by Gasteiger charge is 2.00. The van der Waals surface area contributed by atoms with Crippen molar-refractivity contribution in [3.8, 4) is 6.07 Å². The second kappa shape index (κ2) is 4.09. The van der Waals surface area contributed by atoms with Crippen LogP contribution in [0.2, 0.25) is 0 Å². The van der Waals surface area contributed by atoms with Crippen LogP contribution in [0.3, 0.4) is 0 Å². The van der Waals surface area contributed by atoms with E-state index in [0.717, 1.165) is 6.42 Å². The quantitative estimate of drug-likeness (QED) is 0.674. The van der Waals surface area contributed by atoms with Crippen molar-refractivity contribution in [2.45, 2.75) is 33.6 Å². The molecular weight excluding hydrogens is 158 g/mol. The zero-order valence-corrected chi connectivity index (χ0v) is 8.52. The van der Waals surface area contributed by atoms with Gasteiger partial charge in [-0.05, 0) is 49.4 Å². The van der Waals surface area contributed by atoms with Crippen molar-refractivity contribution in [1.82, 2.24) is 0 Å². The maximum atomic E-state index is 8.47. The van der Waals surface area contributed by atoms with Gasteiger partial charge in [0.05, 0.1) is 6.07 Å². The Morgan fingerprint density at radius 1 is 1.15 bits per heavy atom. The van der Waals surface area contributed by atoms with E-state index in [2.05, 4.69) is 39.0 Å². The molecule has 1 aromatic carbocycles. The predicted octanol–water partition coefficient (Wildman–Crippen LogP) is 3.07. The van der Waals surface area contributed by atoms with Gasteiger partial charge in [0, 0.05) is 6.42 Å². The van der Waals surface area contributed by atoms with Gasteiger partial charge >= 0.3 is 0 Å². The number of nitriles is 1. The minimum atomic E-state index is 0.613. The van der Waals surface area contributed by atoms with E-state index in [1.807, 2.05) is 0 Å². The maximum absolute atomic E-state index is 8.47. The second-order valence-corrected chi connectivity index (χ2v) is 3.51. The first-order chi connectivity index (χ1) is 6.15. The fourth-order valence-corrected chi connectivity index (χ4v) is 1.47. The third-order valence-corrected chi connectivity index (χ3v) is 2.51. The van der Waals surface area contributed by atoms with Crippen LogP contribution in [0.25, 0.3) is 0 Å². The summed E-state index contributed by atoms with van der Waals surface area (Å²) in [4.78, 5) is 0. The van der Waals surface area contributed by atoms with Crippen molar-refractivity contribution in [1.29, 1.82) is 5.26 Å². The molecule has 0 heterocycles. The van der Waals surface area contributed by atoms with Gasteiger partial charge in [-0.15, -0.1) is 0 Å².